The fourth-order valence-corrected chi connectivity index (χ4v) is 4.03. The van der Waals surface area contributed by atoms with Crippen molar-refractivity contribution < 1.29 is 4.39 Å². The van der Waals surface area contributed by atoms with Crippen LogP contribution in [0.25, 0.3) is 0 Å². The molecular formula is C17H25BrFN. The summed E-state index contributed by atoms with van der Waals surface area (Å²) < 4.78 is 14.4. The van der Waals surface area contributed by atoms with Crippen molar-refractivity contribution in [3.8, 4) is 0 Å². The lowest BCUT2D eigenvalue weighted by Gasteiger charge is -2.36. The van der Waals surface area contributed by atoms with Crippen molar-refractivity contribution in [3.05, 3.63) is 34.1 Å². The molecule has 1 N–H and O–H groups in total. The topological polar surface area (TPSA) is 12.0 Å². The highest BCUT2D eigenvalue weighted by atomic mass is 79.9. The molecule has 20 heavy (non-hydrogen) atoms. The van der Waals surface area contributed by atoms with Crippen LogP contribution >= 0.6 is 15.9 Å². The van der Waals surface area contributed by atoms with E-state index in [9.17, 15) is 4.39 Å². The number of halogens is 2. The third-order valence-corrected chi connectivity index (χ3v) is 5.01. The Balaban J connectivity index is 2.09. The van der Waals surface area contributed by atoms with Crippen LogP contribution in [0, 0.1) is 17.7 Å². The Labute approximate surface area is 130 Å². The number of benzene rings is 1. The Bertz CT molecular complexity index is 415. The van der Waals surface area contributed by atoms with Crippen molar-refractivity contribution >= 4 is 15.9 Å². The molecule has 0 saturated heterocycles. The molecule has 0 aromatic heterocycles. The van der Waals surface area contributed by atoms with Gasteiger partial charge in [-0.15, -0.1) is 0 Å². The molecule has 2 rings (SSSR count). The van der Waals surface area contributed by atoms with Gasteiger partial charge in [-0.2, -0.15) is 0 Å². The Kier molecular flexibility index (Phi) is 6.03. The van der Waals surface area contributed by atoms with Crippen LogP contribution in [0.2, 0.25) is 0 Å². The predicted octanol–water partition coefficient (Wildman–Crippen LogP) is 4.94. The molecule has 1 aromatic carbocycles. The lowest BCUT2D eigenvalue weighted by Crippen LogP contribution is -2.41. The summed E-state index contributed by atoms with van der Waals surface area (Å²) >= 11 is 3.39. The lowest BCUT2D eigenvalue weighted by molar-refractivity contribution is 0.200. The quantitative estimate of drug-likeness (QED) is 0.800. The highest BCUT2D eigenvalue weighted by Gasteiger charge is 2.29. The molecule has 0 radical (unpaired) electrons. The number of hydrogen-bond acceptors (Lipinski definition) is 1. The highest BCUT2D eigenvalue weighted by molar-refractivity contribution is 9.10. The van der Waals surface area contributed by atoms with Crippen LogP contribution in [0.4, 0.5) is 4.39 Å². The van der Waals surface area contributed by atoms with E-state index in [2.05, 4.69) is 41.2 Å². The van der Waals surface area contributed by atoms with Gasteiger partial charge in [0, 0.05) is 10.5 Å². The average Bonchev–Trinajstić information content (AvgIpc) is 2.40. The van der Waals surface area contributed by atoms with Crippen molar-refractivity contribution in [1.29, 1.82) is 0 Å². The van der Waals surface area contributed by atoms with Gasteiger partial charge in [-0.1, -0.05) is 36.2 Å². The summed E-state index contributed by atoms with van der Waals surface area (Å²) in [4.78, 5) is 0. The van der Waals surface area contributed by atoms with Crippen LogP contribution in [-0.2, 0) is 6.42 Å². The van der Waals surface area contributed by atoms with E-state index in [0.717, 1.165) is 28.9 Å². The Morgan fingerprint density at radius 1 is 1.25 bits per heavy atom. The number of nitrogens with one attached hydrogen (secondary N) is 1. The van der Waals surface area contributed by atoms with E-state index >= 15 is 0 Å². The van der Waals surface area contributed by atoms with E-state index in [1.807, 2.05) is 0 Å². The molecule has 3 atom stereocenters. The normalized spacial score (nSPS) is 26.7. The van der Waals surface area contributed by atoms with Gasteiger partial charge in [-0.05, 0) is 67.8 Å². The molecule has 1 aliphatic rings. The Morgan fingerprint density at radius 2 is 2.05 bits per heavy atom. The largest absolute Gasteiger partial charge is 0.314 e. The van der Waals surface area contributed by atoms with E-state index in [0.29, 0.717) is 12.0 Å². The molecule has 1 nitrogen and oxygen atoms in total. The van der Waals surface area contributed by atoms with E-state index in [-0.39, 0.29) is 5.82 Å². The summed E-state index contributed by atoms with van der Waals surface area (Å²) in [6.07, 6.45) is 6.10. The number of hydrogen-bond donors (Lipinski definition) is 1. The van der Waals surface area contributed by atoms with Crippen molar-refractivity contribution in [2.45, 2.75) is 52.0 Å². The van der Waals surface area contributed by atoms with E-state index in [4.69, 9.17) is 0 Å². The Hall–Kier alpha value is -0.410. The number of rotatable bonds is 5. The average molecular weight is 342 g/mol. The van der Waals surface area contributed by atoms with Gasteiger partial charge in [-0.25, -0.2) is 4.39 Å². The third-order valence-electron chi connectivity index (χ3n) is 4.55. The SMILES string of the molecule is CCNC1CCC(CC)CC1Cc1cc(F)cc(Br)c1. The molecule has 0 spiro atoms. The fourth-order valence-electron chi connectivity index (χ4n) is 3.52. The molecule has 0 bridgehead atoms. The first-order valence-corrected chi connectivity index (χ1v) is 8.60. The van der Waals surface area contributed by atoms with Crippen molar-refractivity contribution in [1.82, 2.24) is 5.32 Å². The van der Waals surface area contributed by atoms with E-state index < -0.39 is 0 Å². The van der Waals surface area contributed by atoms with Gasteiger partial charge in [0.1, 0.15) is 5.82 Å². The van der Waals surface area contributed by atoms with Crippen molar-refractivity contribution in [3.63, 3.8) is 0 Å². The molecule has 0 aliphatic heterocycles. The minimum absolute atomic E-state index is 0.141. The van der Waals surface area contributed by atoms with E-state index in [1.54, 1.807) is 6.07 Å². The summed E-state index contributed by atoms with van der Waals surface area (Å²) in [5, 5.41) is 3.62. The molecule has 3 heteroatoms. The first-order chi connectivity index (χ1) is 9.62. The van der Waals surface area contributed by atoms with Crippen LogP contribution < -0.4 is 5.32 Å². The second-order valence-corrected chi connectivity index (χ2v) is 6.91. The van der Waals surface area contributed by atoms with Gasteiger partial charge >= 0.3 is 0 Å². The minimum Gasteiger partial charge on any atom is -0.314 e. The minimum atomic E-state index is -0.141. The summed E-state index contributed by atoms with van der Waals surface area (Å²) in [7, 11) is 0. The van der Waals surface area contributed by atoms with Crippen LogP contribution in [0.15, 0.2) is 22.7 Å². The maximum absolute atomic E-state index is 13.5. The van der Waals surface area contributed by atoms with Crippen LogP contribution in [0.3, 0.4) is 0 Å². The van der Waals surface area contributed by atoms with Crippen molar-refractivity contribution in [2.24, 2.45) is 11.8 Å². The molecule has 112 valence electrons. The summed E-state index contributed by atoms with van der Waals surface area (Å²) in [6.45, 7) is 5.47. The fraction of sp³-hybridized carbons (Fsp3) is 0.647. The van der Waals surface area contributed by atoms with Crippen LogP contribution in [0.1, 0.15) is 45.1 Å². The van der Waals surface area contributed by atoms with E-state index in [1.165, 1.54) is 31.7 Å². The van der Waals surface area contributed by atoms with Crippen LogP contribution in [-0.4, -0.2) is 12.6 Å². The first kappa shape index (κ1) is 16.0. The van der Waals surface area contributed by atoms with Gasteiger partial charge in [0.15, 0.2) is 0 Å². The molecule has 3 unspecified atom stereocenters. The second kappa shape index (κ2) is 7.56. The monoisotopic (exact) mass is 341 g/mol. The summed E-state index contributed by atoms with van der Waals surface area (Å²) in [6, 6.07) is 5.86. The van der Waals surface area contributed by atoms with Gasteiger partial charge in [0.05, 0.1) is 0 Å². The molecule has 0 heterocycles. The maximum Gasteiger partial charge on any atom is 0.124 e. The zero-order valence-corrected chi connectivity index (χ0v) is 14.0. The maximum atomic E-state index is 13.5. The van der Waals surface area contributed by atoms with Gasteiger partial charge in [-0.3, -0.25) is 0 Å². The lowest BCUT2D eigenvalue weighted by atomic mass is 9.74. The molecule has 1 aliphatic carbocycles. The smallest absolute Gasteiger partial charge is 0.124 e. The molecule has 1 aromatic rings. The zero-order chi connectivity index (χ0) is 14.5. The Morgan fingerprint density at radius 3 is 2.70 bits per heavy atom. The van der Waals surface area contributed by atoms with Gasteiger partial charge in [0.2, 0.25) is 0 Å². The molecular weight excluding hydrogens is 317 g/mol. The van der Waals surface area contributed by atoms with Crippen LogP contribution in [0.5, 0.6) is 0 Å². The highest BCUT2D eigenvalue weighted by Crippen LogP contribution is 2.34. The summed E-state index contributed by atoms with van der Waals surface area (Å²) in [5.74, 6) is 1.33. The van der Waals surface area contributed by atoms with Gasteiger partial charge in [0.25, 0.3) is 0 Å². The van der Waals surface area contributed by atoms with Gasteiger partial charge < -0.3 is 5.32 Å². The standard InChI is InChI=1S/C17H25BrFN/c1-3-12-5-6-17(20-4-2)14(7-12)8-13-9-15(18)11-16(19)10-13/h9-12,14,17,20H,3-8H2,1-2H3. The van der Waals surface area contributed by atoms with Crippen molar-refractivity contribution in [2.75, 3.05) is 6.54 Å². The zero-order valence-electron chi connectivity index (χ0n) is 12.5. The third kappa shape index (κ3) is 4.29. The molecule has 0 amide bonds. The molecule has 1 saturated carbocycles. The summed E-state index contributed by atoms with van der Waals surface area (Å²) in [5.41, 5.74) is 1.11. The predicted molar refractivity (Wildman–Crippen MR) is 86.4 cm³/mol. The molecule has 1 fully saturated rings. The second-order valence-electron chi connectivity index (χ2n) is 5.99. The first-order valence-electron chi connectivity index (χ1n) is 7.80.